The number of carbonyl (C=O) groups is 2. The summed E-state index contributed by atoms with van der Waals surface area (Å²) in [6, 6.07) is 14.1. The number of para-hydroxylation sites is 1. The summed E-state index contributed by atoms with van der Waals surface area (Å²) in [5.41, 5.74) is 0.733. The van der Waals surface area contributed by atoms with E-state index >= 15 is 0 Å². The monoisotopic (exact) mass is 492 g/mol. The molecule has 2 aromatic carbocycles. The van der Waals surface area contributed by atoms with Crippen molar-refractivity contribution in [3.05, 3.63) is 66.0 Å². The first-order valence-corrected chi connectivity index (χ1v) is 12.6. The molecule has 0 aliphatic heterocycles. The van der Waals surface area contributed by atoms with E-state index in [1.165, 1.54) is 37.2 Å². The average Bonchev–Trinajstić information content (AvgIpc) is 2.81. The predicted octanol–water partition coefficient (Wildman–Crippen LogP) is 2.42. The molecule has 0 bridgehead atoms. The minimum Gasteiger partial charge on any atom is -0.355 e. The fraction of sp³-hybridized carbons (Fsp3) is 0.417. The summed E-state index contributed by atoms with van der Waals surface area (Å²) in [6.45, 7) is 3.52. The number of carbonyl (C=O) groups excluding carboxylic acids is 2. The first-order valence-electron chi connectivity index (χ1n) is 11.2. The van der Waals surface area contributed by atoms with Crippen molar-refractivity contribution in [2.45, 2.75) is 32.7 Å². The Morgan fingerprint density at radius 2 is 1.62 bits per heavy atom. The first kappa shape index (κ1) is 27.3. The van der Waals surface area contributed by atoms with Crippen molar-refractivity contribution in [2.75, 3.05) is 38.0 Å². The molecular weight excluding hydrogens is 459 g/mol. The molecule has 0 heterocycles. The molecule has 1 N–H and O–H groups in total. The SMILES string of the molecule is CCNC(=O)C(CC)N(CCc1ccccc1)C(=O)CN(c1ccccc1F)S(=O)(=O)N(C)C. The van der Waals surface area contributed by atoms with E-state index in [0.717, 1.165) is 20.2 Å². The van der Waals surface area contributed by atoms with E-state index in [-0.39, 0.29) is 18.1 Å². The van der Waals surface area contributed by atoms with Crippen LogP contribution in [0.4, 0.5) is 10.1 Å². The molecule has 1 atom stereocenters. The number of nitrogens with zero attached hydrogens (tertiary/aromatic N) is 3. The lowest BCUT2D eigenvalue weighted by atomic mass is 10.1. The second-order valence-corrected chi connectivity index (χ2v) is 9.96. The molecule has 0 aliphatic carbocycles. The van der Waals surface area contributed by atoms with E-state index in [1.54, 1.807) is 13.8 Å². The smallest absolute Gasteiger partial charge is 0.304 e. The van der Waals surface area contributed by atoms with Gasteiger partial charge >= 0.3 is 10.2 Å². The van der Waals surface area contributed by atoms with Crippen molar-refractivity contribution < 1.29 is 22.4 Å². The van der Waals surface area contributed by atoms with Crippen LogP contribution in [0.15, 0.2) is 54.6 Å². The topological polar surface area (TPSA) is 90.0 Å². The standard InChI is InChI=1S/C24H33FN4O4S/c1-5-21(24(31)26-6-2)28(17-16-19-12-8-7-9-13-19)23(30)18-29(34(32,33)27(3)4)22-15-11-10-14-20(22)25/h7-15,21H,5-6,16-18H2,1-4H3,(H,26,31). The molecular formula is C24H33FN4O4S. The van der Waals surface area contributed by atoms with Crippen molar-refractivity contribution in [2.24, 2.45) is 0 Å². The van der Waals surface area contributed by atoms with Crippen LogP contribution in [0.25, 0.3) is 0 Å². The van der Waals surface area contributed by atoms with Gasteiger partial charge in [0.25, 0.3) is 0 Å². The van der Waals surface area contributed by atoms with Crippen LogP contribution in [0.5, 0.6) is 0 Å². The van der Waals surface area contributed by atoms with Crippen LogP contribution in [0, 0.1) is 5.82 Å². The Kier molecular flexibility index (Phi) is 10.0. The Labute approximate surface area is 201 Å². The maximum Gasteiger partial charge on any atom is 0.304 e. The van der Waals surface area contributed by atoms with Crippen molar-refractivity contribution in [3.8, 4) is 0 Å². The second-order valence-electron chi connectivity index (χ2n) is 7.89. The molecule has 186 valence electrons. The lowest BCUT2D eigenvalue weighted by Gasteiger charge is -2.33. The molecule has 0 aromatic heterocycles. The Hall–Kier alpha value is -2.98. The van der Waals surface area contributed by atoms with Crippen molar-refractivity contribution >= 4 is 27.7 Å². The van der Waals surface area contributed by atoms with E-state index in [0.29, 0.717) is 19.4 Å². The maximum absolute atomic E-state index is 14.6. The Bertz CT molecular complexity index is 1060. The minimum atomic E-state index is -4.19. The van der Waals surface area contributed by atoms with Gasteiger partial charge in [-0.2, -0.15) is 12.7 Å². The first-order chi connectivity index (χ1) is 16.1. The van der Waals surface area contributed by atoms with Crippen LogP contribution < -0.4 is 9.62 Å². The molecule has 0 radical (unpaired) electrons. The fourth-order valence-electron chi connectivity index (χ4n) is 3.54. The molecule has 0 saturated heterocycles. The zero-order chi connectivity index (χ0) is 25.3. The third kappa shape index (κ3) is 6.77. The minimum absolute atomic E-state index is 0.200. The zero-order valence-corrected chi connectivity index (χ0v) is 20.9. The van der Waals surface area contributed by atoms with E-state index in [9.17, 15) is 22.4 Å². The number of halogens is 1. The van der Waals surface area contributed by atoms with Gasteiger partial charge in [0.2, 0.25) is 11.8 Å². The molecule has 2 rings (SSSR count). The lowest BCUT2D eigenvalue weighted by molar-refractivity contribution is -0.139. The maximum atomic E-state index is 14.6. The van der Waals surface area contributed by atoms with E-state index in [2.05, 4.69) is 5.32 Å². The highest BCUT2D eigenvalue weighted by Gasteiger charge is 2.34. The summed E-state index contributed by atoms with van der Waals surface area (Å²) >= 11 is 0. The molecule has 2 amide bonds. The molecule has 0 fully saturated rings. The second kappa shape index (κ2) is 12.5. The normalized spacial score (nSPS) is 12.3. The highest BCUT2D eigenvalue weighted by Crippen LogP contribution is 2.23. The number of hydrogen-bond acceptors (Lipinski definition) is 4. The molecule has 10 heteroatoms. The molecule has 1 unspecified atom stereocenters. The van der Waals surface area contributed by atoms with Gasteiger partial charge < -0.3 is 10.2 Å². The summed E-state index contributed by atoms with van der Waals surface area (Å²) in [7, 11) is -1.57. The van der Waals surface area contributed by atoms with Crippen LogP contribution in [0.3, 0.4) is 0 Å². The van der Waals surface area contributed by atoms with Crippen LogP contribution in [-0.2, 0) is 26.2 Å². The van der Waals surface area contributed by atoms with Crippen LogP contribution in [-0.4, -0.2) is 69.2 Å². The van der Waals surface area contributed by atoms with E-state index < -0.39 is 34.5 Å². The largest absolute Gasteiger partial charge is 0.355 e. The molecule has 34 heavy (non-hydrogen) atoms. The van der Waals surface area contributed by atoms with Gasteiger partial charge in [0.05, 0.1) is 5.69 Å². The summed E-state index contributed by atoms with van der Waals surface area (Å²) < 4.78 is 42.3. The predicted molar refractivity (Wildman–Crippen MR) is 131 cm³/mol. The van der Waals surface area contributed by atoms with Crippen molar-refractivity contribution in [1.29, 1.82) is 0 Å². The summed E-state index contributed by atoms with van der Waals surface area (Å²) in [5, 5.41) is 2.74. The quantitative estimate of drug-likeness (QED) is 0.493. The Balaban J connectivity index is 2.43. The van der Waals surface area contributed by atoms with Gasteiger partial charge in [-0.15, -0.1) is 0 Å². The van der Waals surface area contributed by atoms with Crippen molar-refractivity contribution in [1.82, 2.24) is 14.5 Å². The average molecular weight is 493 g/mol. The zero-order valence-electron chi connectivity index (χ0n) is 20.1. The molecule has 8 nitrogen and oxygen atoms in total. The Morgan fingerprint density at radius 1 is 1.00 bits per heavy atom. The highest BCUT2D eigenvalue weighted by molar-refractivity contribution is 7.90. The third-order valence-electron chi connectivity index (χ3n) is 5.36. The lowest BCUT2D eigenvalue weighted by Crippen LogP contribution is -2.54. The number of amides is 2. The molecule has 0 spiro atoms. The van der Waals surface area contributed by atoms with Gasteiger partial charge in [-0.25, -0.2) is 8.70 Å². The van der Waals surface area contributed by atoms with Gasteiger partial charge in [-0.1, -0.05) is 49.4 Å². The number of likely N-dealkylation sites (N-methyl/N-ethyl adjacent to an activating group) is 1. The number of anilines is 1. The molecule has 0 saturated carbocycles. The fourth-order valence-corrected chi connectivity index (χ4v) is 4.61. The molecule has 2 aromatic rings. The van der Waals surface area contributed by atoms with Gasteiger partial charge in [0.1, 0.15) is 18.4 Å². The Morgan fingerprint density at radius 3 is 2.18 bits per heavy atom. The van der Waals surface area contributed by atoms with Gasteiger partial charge in [-0.05, 0) is 37.5 Å². The number of benzene rings is 2. The summed E-state index contributed by atoms with van der Waals surface area (Å²) in [4.78, 5) is 27.7. The van der Waals surface area contributed by atoms with Gasteiger partial charge in [0, 0.05) is 27.2 Å². The van der Waals surface area contributed by atoms with Crippen molar-refractivity contribution in [3.63, 3.8) is 0 Å². The summed E-state index contributed by atoms with van der Waals surface area (Å²) in [6.07, 6.45) is 0.815. The van der Waals surface area contributed by atoms with Crippen LogP contribution in [0.1, 0.15) is 25.8 Å². The number of hydrogen-bond donors (Lipinski definition) is 1. The van der Waals surface area contributed by atoms with Gasteiger partial charge in [0.15, 0.2) is 0 Å². The van der Waals surface area contributed by atoms with Gasteiger partial charge in [-0.3, -0.25) is 9.59 Å². The number of nitrogens with one attached hydrogen (secondary N) is 1. The van der Waals surface area contributed by atoms with E-state index in [4.69, 9.17) is 0 Å². The van der Waals surface area contributed by atoms with Crippen LogP contribution >= 0.6 is 0 Å². The highest BCUT2D eigenvalue weighted by atomic mass is 32.2. The number of rotatable bonds is 12. The van der Waals surface area contributed by atoms with E-state index in [1.807, 2.05) is 30.3 Å². The summed E-state index contributed by atoms with van der Waals surface area (Å²) in [5.74, 6) is -1.69. The third-order valence-corrected chi connectivity index (χ3v) is 7.17. The molecule has 0 aliphatic rings. The van der Waals surface area contributed by atoms with Crippen LogP contribution in [0.2, 0.25) is 0 Å².